The number of anilines is 1. The number of rotatable bonds is 8. The molecule has 1 aliphatic carbocycles. The number of benzene rings is 7. The summed E-state index contributed by atoms with van der Waals surface area (Å²) in [6.45, 7) is 2.37. The van der Waals surface area contributed by atoms with E-state index < -0.39 is 0 Å². The fourth-order valence-corrected chi connectivity index (χ4v) is 7.66. The molecule has 8 rings (SSSR count). The van der Waals surface area contributed by atoms with Crippen molar-refractivity contribution in [3.8, 4) is 44.5 Å². The zero-order chi connectivity index (χ0) is 34.6. The highest BCUT2D eigenvalue weighted by Gasteiger charge is 2.30. The summed E-state index contributed by atoms with van der Waals surface area (Å²) in [5, 5.41) is 3.88. The molecular weight excluding hydrogens is 635 g/mol. The van der Waals surface area contributed by atoms with Crippen LogP contribution in [0.25, 0.3) is 50.1 Å². The summed E-state index contributed by atoms with van der Waals surface area (Å²) in [6.07, 6.45) is 4.61. The fraction of sp³-hybridized carbons (Fsp3) is 0.0612. The lowest BCUT2D eigenvalue weighted by Gasteiger charge is -2.33. The Morgan fingerprint density at radius 3 is 1.65 bits per heavy atom. The SMILES string of the molecule is CC1C(c2cccc(-c3ccccc3)c2)=CC=C(Nc2cccc(-c3ccccc3)c2)C1c1cccc(-c2ccc(S)c(-c3ccccc3)c2)c1. The van der Waals surface area contributed by atoms with Gasteiger partial charge in [0.2, 0.25) is 0 Å². The summed E-state index contributed by atoms with van der Waals surface area (Å²) in [5.74, 6) is 0.305. The van der Waals surface area contributed by atoms with Crippen molar-refractivity contribution in [1.82, 2.24) is 0 Å². The van der Waals surface area contributed by atoms with Crippen molar-refractivity contribution in [3.63, 3.8) is 0 Å². The van der Waals surface area contributed by atoms with Gasteiger partial charge in [-0.3, -0.25) is 0 Å². The lowest BCUT2D eigenvalue weighted by Crippen LogP contribution is -2.21. The van der Waals surface area contributed by atoms with E-state index >= 15 is 0 Å². The first-order chi connectivity index (χ1) is 25.1. The van der Waals surface area contributed by atoms with E-state index in [-0.39, 0.29) is 11.8 Å². The molecule has 0 saturated heterocycles. The van der Waals surface area contributed by atoms with Gasteiger partial charge in [0.1, 0.15) is 0 Å². The molecule has 2 unspecified atom stereocenters. The van der Waals surface area contributed by atoms with Crippen LogP contribution < -0.4 is 5.32 Å². The van der Waals surface area contributed by atoms with Gasteiger partial charge in [-0.25, -0.2) is 0 Å². The van der Waals surface area contributed by atoms with Crippen LogP contribution in [0, 0.1) is 5.92 Å². The summed E-state index contributed by atoms with van der Waals surface area (Å²) in [6, 6.07) is 65.1. The second kappa shape index (κ2) is 14.6. The molecule has 0 amide bonds. The second-order valence-electron chi connectivity index (χ2n) is 13.3. The van der Waals surface area contributed by atoms with Crippen LogP contribution >= 0.6 is 12.6 Å². The van der Waals surface area contributed by atoms with Gasteiger partial charge in [0.05, 0.1) is 0 Å². The van der Waals surface area contributed by atoms with Crippen molar-refractivity contribution in [2.75, 3.05) is 5.32 Å². The number of hydrogen-bond donors (Lipinski definition) is 2. The molecule has 0 aliphatic heterocycles. The van der Waals surface area contributed by atoms with Gasteiger partial charge in [-0.05, 0) is 104 Å². The van der Waals surface area contributed by atoms with Crippen molar-refractivity contribution in [2.45, 2.75) is 17.7 Å². The fourth-order valence-electron chi connectivity index (χ4n) is 7.39. The standard InChI is InChI=1S/C49H39NS/c1-34-45(42-23-11-20-38(30-42)35-14-5-2-6-15-35)27-28-47(50-44-25-13-22-40(32-44)36-16-7-3-8-17-36)49(34)43-24-12-21-39(31-43)41-26-29-48(51)46(33-41)37-18-9-4-10-19-37/h2-34,49-51H,1H3. The first kappa shape index (κ1) is 32.4. The normalized spacial score (nSPS) is 15.5. The van der Waals surface area contributed by atoms with Gasteiger partial charge >= 0.3 is 0 Å². The van der Waals surface area contributed by atoms with Gasteiger partial charge in [0.15, 0.2) is 0 Å². The summed E-state index contributed by atoms with van der Waals surface area (Å²) in [4.78, 5) is 0.974. The molecule has 1 N–H and O–H groups in total. The van der Waals surface area contributed by atoms with Crippen LogP contribution in [-0.2, 0) is 0 Å². The van der Waals surface area contributed by atoms with Gasteiger partial charge in [0.25, 0.3) is 0 Å². The Morgan fingerprint density at radius 2 is 0.961 bits per heavy atom. The highest BCUT2D eigenvalue weighted by molar-refractivity contribution is 7.80. The molecule has 7 aromatic carbocycles. The van der Waals surface area contributed by atoms with Crippen LogP contribution in [0.3, 0.4) is 0 Å². The van der Waals surface area contributed by atoms with Crippen LogP contribution in [0.2, 0.25) is 0 Å². The van der Waals surface area contributed by atoms with E-state index in [1.165, 1.54) is 61.3 Å². The molecule has 0 heterocycles. The first-order valence-corrected chi connectivity index (χ1v) is 18.0. The predicted octanol–water partition coefficient (Wildman–Crippen LogP) is 13.5. The molecule has 7 aromatic rings. The molecule has 51 heavy (non-hydrogen) atoms. The van der Waals surface area contributed by atoms with Gasteiger partial charge in [0, 0.05) is 22.2 Å². The Labute approximate surface area is 307 Å². The van der Waals surface area contributed by atoms with Crippen LogP contribution in [0.1, 0.15) is 24.0 Å². The van der Waals surface area contributed by atoms with E-state index in [1.54, 1.807) is 0 Å². The van der Waals surface area contributed by atoms with Crippen molar-refractivity contribution in [1.29, 1.82) is 0 Å². The smallest absolute Gasteiger partial charge is 0.0388 e. The van der Waals surface area contributed by atoms with E-state index in [2.05, 4.69) is 206 Å². The Balaban J connectivity index is 1.20. The van der Waals surface area contributed by atoms with E-state index in [1.807, 2.05) is 0 Å². The summed E-state index contributed by atoms with van der Waals surface area (Å²) >= 11 is 4.83. The molecular formula is C49H39NS. The van der Waals surface area contributed by atoms with Gasteiger partial charge < -0.3 is 5.32 Å². The van der Waals surface area contributed by atoms with Gasteiger partial charge in [-0.15, -0.1) is 12.6 Å². The van der Waals surface area contributed by atoms with Crippen LogP contribution in [0.5, 0.6) is 0 Å². The third kappa shape index (κ3) is 6.97. The van der Waals surface area contributed by atoms with Crippen molar-refractivity contribution in [3.05, 3.63) is 211 Å². The van der Waals surface area contributed by atoms with Gasteiger partial charge in [-0.2, -0.15) is 0 Å². The molecule has 1 nitrogen and oxygen atoms in total. The maximum Gasteiger partial charge on any atom is 0.0388 e. The minimum absolute atomic E-state index is 0.100. The molecule has 0 saturated carbocycles. The maximum absolute atomic E-state index is 4.83. The molecule has 0 spiro atoms. The number of hydrogen-bond acceptors (Lipinski definition) is 2. The van der Waals surface area contributed by atoms with Crippen molar-refractivity contribution >= 4 is 23.9 Å². The minimum atomic E-state index is 0.100. The van der Waals surface area contributed by atoms with E-state index in [0.29, 0.717) is 0 Å². The lowest BCUT2D eigenvalue weighted by atomic mass is 9.74. The monoisotopic (exact) mass is 673 g/mol. The molecule has 0 aromatic heterocycles. The number of allylic oxidation sites excluding steroid dienone is 4. The Bertz CT molecular complexity index is 2360. The Kier molecular flexibility index (Phi) is 9.25. The zero-order valence-electron chi connectivity index (χ0n) is 28.6. The first-order valence-electron chi connectivity index (χ1n) is 17.6. The third-order valence-electron chi connectivity index (χ3n) is 9.99. The summed E-state index contributed by atoms with van der Waals surface area (Å²) in [5.41, 5.74) is 15.7. The lowest BCUT2D eigenvalue weighted by molar-refractivity contribution is 0.625. The number of thiol groups is 1. The molecule has 246 valence electrons. The van der Waals surface area contributed by atoms with Gasteiger partial charge in [-0.1, -0.05) is 165 Å². The van der Waals surface area contributed by atoms with Crippen LogP contribution in [-0.4, -0.2) is 0 Å². The molecule has 0 fully saturated rings. The van der Waals surface area contributed by atoms with E-state index in [4.69, 9.17) is 12.6 Å². The van der Waals surface area contributed by atoms with Crippen LogP contribution in [0.4, 0.5) is 5.69 Å². The Morgan fingerprint density at radius 1 is 0.431 bits per heavy atom. The molecule has 0 radical (unpaired) electrons. The highest BCUT2D eigenvalue weighted by Crippen LogP contribution is 2.45. The zero-order valence-corrected chi connectivity index (χ0v) is 29.5. The van der Waals surface area contributed by atoms with E-state index in [9.17, 15) is 0 Å². The average Bonchev–Trinajstić information content (AvgIpc) is 3.19. The summed E-state index contributed by atoms with van der Waals surface area (Å²) < 4.78 is 0. The molecule has 2 heteroatoms. The largest absolute Gasteiger partial charge is 0.358 e. The minimum Gasteiger partial charge on any atom is -0.358 e. The van der Waals surface area contributed by atoms with Crippen molar-refractivity contribution in [2.24, 2.45) is 5.92 Å². The quantitative estimate of drug-likeness (QED) is 0.153. The van der Waals surface area contributed by atoms with E-state index in [0.717, 1.165) is 16.1 Å². The molecule has 2 atom stereocenters. The second-order valence-corrected chi connectivity index (χ2v) is 13.7. The maximum atomic E-state index is 4.83. The average molecular weight is 674 g/mol. The molecule has 1 aliphatic rings. The number of nitrogens with one attached hydrogen (secondary N) is 1. The third-order valence-corrected chi connectivity index (χ3v) is 10.4. The Hall–Kier alpha value is -5.83. The summed E-state index contributed by atoms with van der Waals surface area (Å²) in [7, 11) is 0. The predicted molar refractivity (Wildman–Crippen MR) is 220 cm³/mol. The van der Waals surface area contributed by atoms with Crippen LogP contribution in [0.15, 0.2) is 205 Å². The van der Waals surface area contributed by atoms with Crippen molar-refractivity contribution < 1.29 is 0 Å². The topological polar surface area (TPSA) is 12.0 Å². The highest BCUT2D eigenvalue weighted by atomic mass is 32.1. The molecule has 0 bridgehead atoms.